The molecule has 1 aliphatic heterocycles. The molecule has 8 heteroatoms. The van der Waals surface area contributed by atoms with Gasteiger partial charge in [0, 0.05) is 24.7 Å². The standard InChI is InChI=1S/C12H16Cl2N2O3S/c13-10-5-11(14)12(4-8(10)6-15)20(17,18)16-7-9-2-1-3-19-9/h4-5,9,16H,1-3,6-7,15H2. The minimum absolute atomic E-state index is 0.0120. The number of rotatable bonds is 5. The third-order valence-corrected chi connectivity index (χ3v) is 5.38. The molecule has 3 N–H and O–H groups in total. The number of benzene rings is 1. The Kier molecular flexibility index (Phi) is 5.28. The van der Waals surface area contributed by atoms with E-state index in [1.165, 1.54) is 12.1 Å². The Bertz CT molecular complexity index is 587. The maximum absolute atomic E-state index is 12.3. The molecule has 0 aliphatic carbocycles. The first kappa shape index (κ1) is 16.0. The lowest BCUT2D eigenvalue weighted by Crippen LogP contribution is -2.32. The third kappa shape index (κ3) is 3.63. The summed E-state index contributed by atoms with van der Waals surface area (Å²) in [6.07, 6.45) is 1.72. The maximum atomic E-state index is 12.3. The van der Waals surface area contributed by atoms with Gasteiger partial charge in [0.05, 0.1) is 11.1 Å². The molecule has 1 aromatic carbocycles. The van der Waals surface area contributed by atoms with E-state index in [4.69, 9.17) is 33.7 Å². The van der Waals surface area contributed by atoms with E-state index in [1.807, 2.05) is 0 Å². The predicted octanol–water partition coefficient (Wildman–Crippen LogP) is 1.91. The van der Waals surface area contributed by atoms with Gasteiger partial charge in [-0.05, 0) is 30.5 Å². The van der Waals surface area contributed by atoms with Gasteiger partial charge in [-0.15, -0.1) is 0 Å². The van der Waals surface area contributed by atoms with E-state index in [2.05, 4.69) is 4.72 Å². The fraction of sp³-hybridized carbons (Fsp3) is 0.500. The molecule has 1 atom stereocenters. The van der Waals surface area contributed by atoms with E-state index in [0.717, 1.165) is 12.8 Å². The molecule has 20 heavy (non-hydrogen) atoms. The second-order valence-corrected chi connectivity index (χ2v) is 7.11. The van der Waals surface area contributed by atoms with Crippen LogP contribution in [0.25, 0.3) is 0 Å². The van der Waals surface area contributed by atoms with Crippen LogP contribution in [0.2, 0.25) is 10.0 Å². The van der Waals surface area contributed by atoms with Gasteiger partial charge < -0.3 is 10.5 Å². The molecule has 0 amide bonds. The van der Waals surface area contributed by atoms with Gasteiger partial charge in [-0.1, -0.05) is 23.2 Å². The lowest BCUT2D eigenvalue weighted by Gasteiger charge is -2.13. The fourth-order valence-corrected chi connectivity index (χ4v) is 3.96. The van der Waals surface area contributed by atoms with Crippen LogP contribution in [-0.2, 0) is 21.3 Å². The summed E-state index contributed by atoms with van der Waals surface area (Å²) in [7, 11) is -3.70. The minimum Gasteiger partial charge on any atom is -0.377 e. The van der Waals surface area contributed by atoms with Gasteiger partial charge in [-0.3, -0.25) is 0 Å². The van der Waals surface area contributed by atoms with Crippen LogP contribution in [0.3, 0.4) is 0 Å². The molecule has 1 heterocycles. The Labute approximate surface area is 128 Å². The molecule has 0 aromatic heterocycles. The topological polar surface area (TPSA) is 81.4 Å². The normalized spacial score (nSPS) is 19.4. The maximum Gasteiger partial charge on any atom is 0.242 e. The Balaban J connectivity index is 2.19. The van der Waals surface area contributed by atoms with Crippen molar-refractivity contribution in [3.05, 3.63) is 27.7 Å². The van der Waals surface area contributed by atoms with Crippen LogP contribution in [0, 0.1) is 0 Å². The molecule has 0 radical (unpaired) electrons. The first-order chi connectivity index (χ1) is 9.44. The molecule has 1 aromatic rings. The summed E-state index contributed by atoms with van der Waals surface area (Å²) >= 11 is 11.9. The van der Waals surface area contributed by atoms with Crippen LogP contribution in [0.5, 0.6) is 0 Å². The molecule has 1 aliphatic rings. The second-order valence-electron chi connectivity index (χ2n) is 4.57. The van der Waals surface area contributed by atoms with Crippen molar-refractivity contribution < 1.29 is 13.2 Å². The SMILES string of the molecule is NCc1cc(S(=O)(=O)NCC2CCCO2)c(Cl)cc1Cl. The van der Waals surface area contributed by atoms with Gasteiger partial charge in [0.25, 0.3) is 0 Å². The quantitative estimate of drug-likeness (QED) is 0.859. The number of hydrogen-bond donors (Lipinski definition) is 2. The number of nitrogens with one attached hydrogen (secondary N) is 1. The zero-order valence-corrected chi connectivity index (χ0v) is 13.1. The van der Waals surface area contributed by atoms with Gasteiger partial charge in [-0.2, -0.15) is 0 Å². The molecule has 0 spiro atoms. The summed E-state index contributed by atoms with van der Waals surface area (Å²) < 4.78 is 32.4. The highest BCUT2D eigenvalue weighted by Crippen LogP contribution is 2.28. The highest BCUT2D eigenvalue weighted by atomic mass is 35.5. The van der Waals surface area contributed by atoms with E-state index < -0.39 is 10.0 Å². The molecular weight excluding hydrogens is 323 g/mol. The van der Waals surface area contributed by atoms with Crippen molar-refractivity contribution in [2.75, 3.05) is 13.2 Å². The number of halogens is 2. The van der Waals surface area contributed by atoms with Crippen LogP contribution in [0.15, 0.2) is 17.0 Å². The molecule has 112 valence electrons. The highest BCUT2D eigenvalue weighted by Gasteiger charge is 2.23. The van der Waals surface area contributed by atoms with Gasteiger partial charge in [0.1, 0.15) is 4.90 Å². The molecule has 1 fully saturated rings. The van der Waals surface area contributed by atoms with Crippen LogP contribution >= 0.6 is 23.2 Å². The third-order valence-electron chi connectivity index (χ3n) is 3.14. The van der Waals surface area contributed by atoms with Crippen molar-refractivity contribution in [1.82, 2.24) is 4.72 Å². The van der Waals surface area contributed by atoms with E-state index in [0.29, 0.717) is 17.2 Å². The predicted molar refractivity (Wildman–Crippen MR) is 78.5 cm³/mol. The first-order valence-electron chi connectivity index (χ1n) is 6.23. The van der Waals surface area contributed by atoms with Gasteiger partial charge >= 0.3 is 0 Å². The average molecular weight is 339 g/mol. The van der Waals surface area contributed by atoms with Crippen molar-refractivity contribution >= 4 is 33.2 Å². The fourth-order valence-electron chi connectivity index (χ4n) is 2.02. The van der Waals surface area contributed by atoms with Gasteiger partial charge in [0.15, 0.2) is 0 Å². The van der Waals surface area contributed by atoms with Crippen molar-refractivity contribution in [2.24, 2.45) is 5.73 Å². The highest BCUT2D eigenvalue weighted by molar-refractivity contribution is 7.89. The number of sulfonamides is 1. The van der Waals surface area contributed by atoms with Crippen LogP contribution in [0.4, 0.5) is 0 Å². The van der Waals surface area contributed by atoms with Gasteiger partial charge in [0.2, 0.25) is 10.0 Å². The molecule has 5 nitrogen and oxygen atoms in total. The lowest BCUT2D eigenvalue weighted by molar-refractivity contribution is 0.114. The summed E-state index contributed by atoms with van der Waals surface area (Å²) in [4.78, 5) is -0.0120. The monoisotopic (exact) mass is 338 g/mol. The second kappa shape index (κ2) is 6.60. The number of nitrogens with two attached hydrogens (primary N) is 1. The van der Waals surface area contributed by atoms with Crippen molar-refractivity contribution in [1.29, 1.82) is 0 Å². The largest absolute Gasteiger partial charge is 0.377 e. The molecule has 1 saturated heterocycles. The molecular formula is C12H16Cl2N2O3S. The Morgan fingerprint density at radius 2 is 2.10 bits per heavy atom. The Morgan fingerprint density at radius 3 is 2.70 bits per heavy atom. The Morgan fingerprint density at radius 1 is 1.35 bits per heavy atom. The smallest absolute Gasteiger partial charge is 0.242 e. The van der Waals surface area contributed by atoms with Crippen molar-refractivity contribution in [2.45, 2.75) is 30.4 Å². The van der Waals surface area contributed by atoms with Crippen molar-refractivity contribution in [3.8, 4) is 0 Å². The summed E-state index contributed by atoms with van der Waals surface area (Å²) in [5.41, 5.74) is 6.06. The zero-order chi connectivity index (χ0) is 14.8. The molecule has 2 rings (SSSR count). The zero-order valence-electron chi connectivity index (χ0n) is 10.7. The molecule has 0 saturated carbocycles. The van der Waals surface area contributed by atoms with E-state index in [-0.39, 0.29) is 29.1 Å². The van der Waals surface area contributed by atoms with E-state index >= 15 is 0 Å². The first-order valence-corrected chi connectivity index (χ1v) is 8.47. The summed E-state index contributed by atoms with van der Waals surface area (Å²) in [5.74, 6) is 0. The number of hydrogen-bond acceptors (Lipinski definition) is 4. The van der Waals surface area contributed by atoms with Crippen molar-refractivity contribution in [3.63, 3.8) is 0 Å². The summed E-state index contributed by atoms with van der Waals surface area (Å²) in [5, 5.41) is 0.433. The van der Waals surface area contributed by atoms with Crippen LogP contribution < -0.4 is 10.5 Å². The molecule has 0 bridgehead atoms. The Hall–Kier alpha value is -0.370. The summed E-state index contributed by atoms with van der Waals surface area (Å²) in [6, 6.07) is 2.80. The van der Waals surface area contributed by atoms with E-state index in [9.17, 15) is 8.42 Å². The number of ether oxygens (including phenoxy) is 1. The van der Waals surface area contributed by atoms with Crippen LogP contribution in [-0.4, -0.2) is 27.7 Å². The minimum atomic E-state index is -3.70. The average Bonchev–Trinajstić information content (AvgIpc) is 2.89. The lowest BCUT2D eigenvalue weighted by atomic mass is 10.2. The molecule has 1 unspecified atom stereocenters. The van der Waals surface area contributed by atoms with Gasteiger partial charge in [-0.25, -0.2) is 13.1 Å². The summed E-state index contributed by atoms with van der Waals surface area (Å²) in [6.45, 7) is 1.05. The van der Waals surface area contributed by atoms with E-state index in [1.54, 1.807) is 0 Å². The van der Waals surface area contributed by atoms with Crippen LogP contribution in [0.1, 0.15) is 18.4 Å².